The minimum Gasteiger partial charge on any atom is -0.339 e. The smallest absolute Gasteiger partial charge is 0.231 e. The average molecular weight is 388 g/mol. The van der Waals surface area contributed by atoms with Crippen molar-refractivity contribution in [3.8, 4) is 11.4 Å². The molecule has 6 nitrogen and oxygen atoms in total. The van der Waals surface area contributed by atoms with Gasteiger partial charge in [0, 0.05) is 23.6 Å². The lowest BCUT2D eigenvalue weighted by atomic mass is 10.1. The van der Waals surface area contributed by atoms with Crippen molar-refractivity contribution in [3.63, 3.8) is 0 Å². The molecule has 0 aliphatic rings. The first-order valence-electron chi connectivity index (χ1n) is 9.03. The number of hydrogen-bond donors (Lipinski definition) is 1. The molecule has 0 bridgehead atoms. The highest BCUT2D eigenvalue weighted by Crippen LogP contribution is 2.21. The number of amides is 1. The molecule has 7 heteroatoms. The van der Waals surface area contributed by atoms with Gasteiger partial charge in [-0.3, -0.25) is 9.78 Å². The van der Waals surface area contributed by atoms with Crippen molar-refractivity contribution in [2.24, 2.45) is 0 Å². The lowest BCUT2D eigenvalue weighted by Gasteiger charge is -2.10. The predicted molar refractivity (Wildman–Crippen MR) is 106 cm³/mol. The average Bonchev–Trinajstić information content (AvgIpc) is 3.20. The second-order valence-electron chi connectivity index (χ2n) is 6.40. The number of nitrogens with one attached hydrogen (secondary N) is 1. The van der Waals surface area contributed by atoms with Crippen molar-refractivity contribution < 1.29 is 13.7 Å². The number of para-hydroxylation sites is 1. The Bertz CT molecular complexity index is 1130. The Kier molecular flexibility index (Phi) is 5.38. The highest BCUT2D eigenvalue weighted by molar-refractivity contribution is 5.93. The van der Waals surface area contributed by atoms with E-state index in [0.29, 0.717) is 29.4 Å². The first kappa shape index (κ1) is 18.5. The van der Waals surface area contributed by atoms with Crippen LogP contribution in [0.2, 0.25) is 0 Å². The normalized spacial score (nSPS) is 10.7. The van der Waals surface area contributed by atoms with Gasteiger partial charge in [0.25, 0.3) is 0 Å². The van der Waals surface area contributed by atoms with Crippen LogP contribution in [0.3, 0.4) is 0 Å². The molecule has 0 atom stereocenters. The molecule has 0 saturated heterocycles. The molecule has 1 amide bonds. The summed E-state index contributed by atoms with van der Waals surface area (Å²) >= 11 is 0. The maximum Gasteiger partial charge on any atom is 0.231 e. The van der Waals surface area contributed by atoms with Gasteiger partial charge in [-0.05, 0) is 35.4 Å². The number of aromatic nitrogens is 3. The summed E-state index contributed by atoms with van der Waals surface area (Å²) in [6.07, 6.45) is 3.62. The summed E-state index contributed by atoms with van der Waals surface area (Å²) in [7, 11) is 0. The van der Waals surface area contributed by atoms with Crippen LogP contribution >= 0.6 is 0 Å². The topological polar surface area (TPSA) is 80.9 Å². The van der Waals surface area contributed by atoms with Crippen molar-refractivity contribution in [2.45, 2.75) is 12.8 Å². The molecule has 1 N–H and O–H groups in total. The van der Waals surface area contributed by atoms with Crippen molar-refractivity contribution in [2.75, 3.05) is 5.32 Å². The monoisotopic (exact) mass is 388 g/mol. The van der Waals surface area contributed by atoms with Crippen LogP contribution in [-0.2, 0) is 17.6 Å². The van der Waals surface area contributed by atoms with Crippen LogP contribution in [0.1, 0.15) is 17.0 Å². The molecule has 0 radical (unpaired) electrons. The Morgan fingerprint density at radius 3 is 2.48 bits per heavy atom. The van der Waals surface area contributed by atoms with Crippen molar-refractivity contribution in [1.29, 1.82) is 0 Å². The SMILES string of the molecule is O=C(Cc1ccccc1F)Nc1ccccc1Cc1nc(-c2ccncc2)no1. The first-order chi connectivity index (χ1) is 14.2. The van der Waals surface area contributed by atoms with Crippen LogP contribution < -0.4 is 5.32 Å². The van der Waals surface area contributed by atoms with Crippen LogP contribution in [-0.4, -0.2) is 21.0 Å². The molecular formula is C22H17FN4O2. The van der Waals surface area contributed by atoms with E-state index in [9.17, 15) is 9.18 Å². The van der Waals surface area contributed by atoms with E-state index < -0.39 is 5.82 Å². The zero-order valence-corrected chi connectivity index (χ0v) is 15.4. The molecular weight excluding hydrogens is 371 g/mol. The number of benzene rings is 2. The fourth-order valence-corrected chi connectivity index (χ4v) is 2.91. The molecule has 4 aromatic rings. The molecule has 2 heterocycles. The summed E-state index contributed by atoms with van der Waals surface area (Å²) in [5, 5.41) is 6.84. The van der Waals surface area contributed by atoms with Crippen LogP contribution in [0.5, 0.6) is 0 Å². The van der Waals surface area contributed by atoms with E-state index in [-0.39, 0.29) is 12.3 Å². The molecule has 0 spiro atoms. The largest absolute Gasteiger partial charge is 0.339 e. The Morgan fingerprint density at radius 1 is 0.966 bits per heavy atom. The lowest BCUT2D eigenvalue weighted by Crippen LogP contribution is -2.16. The van der Waals surface area contributed by atoms with Crippen LogP contribution in [0.4, 0.5) is 10.1 Å². The van der Waals surface area contributed by atoms with Crippen molar-refractivity contribution in [3.05, 3.63) is 95.9 Å². The van der Waals surface area contributed by atoms with Gasteiger partial charge in [-0.25, -0.2) is 4.39 Å². The summed E-state index contributed by atoms with van der Waals surface area (Å²) in [6, 6.07) is 17.2. The van der Waals surface area contributed by atoms with E-state index in [1.807, 2.05) is 18.2 Å². The van der Waals surface area contributed by atoms with Crippen molar-refractivity contribution >= 4 is 11.6 Å². The lowest BCUT2D eigenvalue weighted by molar-refractivity contribution is -0.115. The van der Waals surface area contributed by atoms with E-state index in [2.05, 4.69) is 20.4 Å². The number of nitrogens with zero attached hydrogens (tertiary/aromatic N) is 3. The standard InChI is InChI=1S/C22H17FN4O2/c23-18-7-3-1-5-16(18)13-20(28)25-19-8-4-2-6-17(19)14-21-26-22(27-29-21)15-9-11-24-12-10-15/h1-12H,13-14H2,(H,25,28). The van der Waals surface area contributed by atoms with Gasteiger partial charge in [-0.15, -0.1) is 0 Å². The third-order valence-corrected chi connectivity index (χ3v) is 4.35. The number of hydrogen-bond acceptors (Lipinski definition) is 5. The fraction of sp³-hybridized carbons (Fsp3) is 0.0909. The minimum absolute atomic E-state index is 0.0479. The molecule has 4 rings (SSSR count). The number of carbonyl (C=O) groups excluding carboxylic acids is 1. The van der Waals surface area contributed by atoms with Gasteiger partial charge < -0.3 is 9.84 Å². The minimum atomic E-state index is -0.398. The number of rotatable bonds is 6. The molecule has 0 aliphatic heterocycles. The summed E-state index contributed by atoms with van der Waals surface area (Å²) in [5.41, 5.74) is 2.60. The van der Waals surface area contributed by atoms with Crippen LogP contribution in [0, 0.1) is 5.82 Å². The van der Waals surface area contributed by atoms with Crippen molar-refractivity contribution in [1.82, 2.24) is 15.1 Å². The Hall–Kier alpha value is -3.87. The quantitative estimate of drug-likeness (QED) is 0.539. The highest BCUT2D eigenvalue weighted by atomic mass is 19.1. The Morgan fingerprint density at radius 2 is 1.69 bits per heavy atom. The molecule has 0 fully saturated rings. The third-order valence-electron chi connectivity index (χ3n) is 4.35. The highest BCUT2D eigenvalue weighted by Gasteiger charge is 2.14. The van der Waals surface area contributed by atoms with E-state index in [0.717, 1.165) is 11.1 Å². The van der Waals surface area contributed by atoms with Gasteiger partial charge >= 0.3 is 0 Å². The van der Waals surface area contributed by atoms with Gasteiger partial charge in [-0.2, -0.15) is 4.98 Å². The maximum absolute atomic E-state index is 13.8. The zero-order valence-electron chi connectivity index (χ0n) is 15.4. The summed E-state index contributed by atoms with van der Waals surface area (Å²) in [4.78, 5) is 20.8. The maximum atomic E-state index is 13.8. The molecule has 2 aromatic heterocycles. The summed E-state index contributed by atoms with van der Waals surface area (Å²) < 4.78 is 19.1. The van der Waals surface area contributed by atoms with Gasteiger partial charge in [0.05, 0.1) is 12.8 Å². The summed E-state index contributed by atoms with van der Waals surface area (Å²) in [5.74, 6) is 0.201. The second-order valence-corrected chi connectivity index (χ2v) is 6.40. The summed E-state index contributed by atoms with van der Waals surface area (Å²) in [6.45, 7) is 0. The van der Waals surface area contributed by atoms with Gasteiger partial charge in [0.2, 0.25) is 17.6 Å². The molecule has 0 unspecified atom stereocenters. The predicted octanol–water partition coefficient (Wildman–Crippen LogP) is 4.04. The van der Waals surface area contributed by atoms with Gasteiger partial charge in [0.15, 0.2) is 0 Å². The van der Waals surface area contributed by atoms with Crippen LogP contribution in [0.15, 0.2) is 77.6 Å². The molecule has 2 aromatic carbocycles. The third kappa shape index (κ3) is 4.52. The molecule has 144 valence electrons. The number of pyridine rings is 1. The van der Waals surface area contributed by atoms with E-state index in [4.69, 9.17) is 4.52 Å². The van der Waals surface area contributed by atoms with Crippen LogP contribution in [0.25, 0.3) is 11.4 Å². The second kappa shape index (κ2) is 8.43. The van der Waals surface area contributed by atoms with Gasteiger partial charge in [0.1, 0.15) is 5.82 Å². The van der Waals surface area contributed by atoms with E-state index >= 15 is 0 Å². The first-order valence-corrected chi connectivity index (χ1v) is 9.03. The number of halogens is 1. The van der Waals surface area contributed by atoms with E-state index in [1.165, 1.54) is 6.07 Å². The zero-order chi connectivity index (χ0) is 20.1. The van der Waals surface area contributed by atoms with E-state index in [1.54, 1.807) is 48.8 Å². The number of carbonyl (C=O) groups is 1. The van der Waals surface area contributed by atoms with Gasteiger partial charge in [-0.1, -0.05) is 41.6 Å². The Balaban J connectivity index is 1.48. The molecule has 0 aliphatic carbocycles. The molecule has 0 saturated carbocycles. The fourth-order valence-electron chi connectivity index (χ4n) is 2.91. The molecule has 29 heavy (non-hydrogen) atoms. The Labute approximate surface area is 166 Å². The number of anilines is 1.